The van der Waals surface area contributed by atoms with E-state index in [0.29, 0.717) is 24.6 Å². The van der Waals surface area contributed by atoms with Gasteiger partial charge in [-0.05, 0) is 24.7 Å². The van der Waals surface area contributed by atoms with Gasteiger partial charge in [0, 0.05) is 24.3 Å². The van der Waals surface area contributed by atoms with Gasteiger partial charge in [-0.3, -0.25) is 4.79 Å². The lowest BCUT2D eigenvalue weighted by molar-refractivity contribution is -0.137. The summed E-state index contributed by atoms with van der Waals surface area (Å²) in [7, 11) is 0. The van der Waals surface area contributed by atoms with Gasteiger partial charge in [0.1, 0.15) is 0 Å². The molecule has 0 saturated carbocycles. The average Bonchev–Trinajstić information content (AvgIpc) is 2.51. The molecule has 2 atom stereocenters. The number of hydrogen-bond donors (Lipinski definition) is 3. The molecule has 1 rings (SSSR count). The van der Waals surface area contributed by atoms with Crippen LogP contribution in [0.15, 0.2) is 30.3 Å². The Hall–Kier alpha value is -1.69. The van der Waals surface area contributed by atoms with Crippen LogP contribution >= 0.6 is 11.8 Å². The largest absolute Gasteiger partial charge is 0.481 e. The minimum atomic E-state index is -0.851. The number of aliphatic carboxylic acids is 1. The molecule has 2 amide bonds. The SMILES string of the molecule is CSC(C)CNC(=O)NC(CCC(=O)O)Cc1ccccc1. The molecule has 1 aromatic carbocycles. The summed E-state index contributed by atoms with van der Waals surface area (Å²) in [6.45, 7) is 2.63. The Kier molecular flexibility index (Phi) is 8.43. The fourth-order valence-corrected chi connectivity index (χ4v) is 2.23. The lowest BCUT2D eigenvalue weighted by Gasteiger charge is -2.19. The molecule has 5 nitrogen and oxygen atoms in total. The van der Waals surface area contributed by atoms with Crippen LogP contribution < -0.4 is 10.6 Å². The van der Waals surface area contributed by atoms with Gasteiger partial charge in [0.2, 0.25) is 0 Å². The Bertz CT molecular complexity index is 468. The normalized spacial score (nSPS) is 13.2. The van der Waals surface area contributed by atoms with Crippen LogP contribution in [0.3, 0.4) is 0 Å². The van der Waals surface area contributed by atoms with E-state index in [4.69, 9.17) is 5.11 Å². The summed E-state index contributed by atoms with van der Waals surface area (Å²) in [6, 6.07) is 9.31. The van der Waals surface area contributed by atoms with E-state index in [-0.39, 0.29) is 18.5 Å². The van der Waals surface area contributed by atoms with Gasteiger partial charge < -0.3 is 15.7 Å². The van der Waals surface area contributed by atoms with Crippen molar-refractivity contribution in [3.63, 3.8) is 0 Å². The van der Waals surface area contributed by atoms with Crippen molar-refractivity contribution in [2.75, 3.05) is 12.8 Å². The molecule has 0 spiro atoms. The molecular formula is C16H24N2O3S. The molecular weight excluding hydrogens is 300 g/mol. The third-order valence-corrected chi connectivity index (χ3v) is 4.29. The Morgan fingerprint density at radius 2 is 1.95 bits per heavy atom. The number of carbonyl (C=O) groups excluding carboxylic acids is 1. The van der Waals surface area contributed by atoms with Crippen LogP contribution in [0.4, 0.5) is 4.79 Å². The van der Waals surface area contributed by atoms with E-state index in [1.54, 1.807) is 11.8 Å². The summed E-state index contributed by atoms with van der Waals surface area (Å²) in [5, 5.41) is 14.9. The minimum absolute atomic E-state index is 0.0407. The first-order chi connectivity index (χ1) is 10.5. The number of nitrogens with one attached hydrogen (secondary N) is 2. The second-order valence-electron chi connectivity index (χ2n) is 5.22. The van der Waals surface area contributed by atoms with Gasteiger partial charge in [-0.1, -0.05) is 37.3 Å². The molecule has 22 heavy (non-hydrogen) atoms. The van der Waals surface area contributed by atoms with Crippen molar-refractivity contribution in [3.8, 4) is 0 Å². The molecule has 0 aliphatic rings. The summed E-state index contributed by atoms with van der Waals surface area (Å²) < 4.78 is 0. The van der Waals surface area contributed by atoms with Gasteiger partial charge in [-0.15, -0.1) is 0 Å². The third kappa shape index (κ3) is 7.93. The van der Waals surface area contributed by atoms with E-state index in [2.05, 4.69) is 10.6 Å². The first kappa shape index (κ1) is 18.4. The van der Waals surface area contributed by atoms with Crippen molar-refractivity contribution < 1.29 is 14.7 Å². The van der Waals surface area contributed by atoms with Gasteiger partial charge in [-0.2, -0.15) is 11.8 Å². The molecule has 1 aromatic rings. The van der Waals surface area contributed by atoms with Crippen LogP contribution in [-0.2, 0) is 11.2 Å². The topological polar surface area (TPSA) is 78.4 Å². The Morgan fingerprint density at radius 3 is 2.55 bits per heavy atom. The van der Waals surface area contributed by atoms with Crippen molar-refractivity contribution in [1.29, 1.82) is 0 Å². The number of urea groups is 1. The number of benzene rings is 1. The maximum Gasteiger partial charge on any atom is 0.315 e. The smallest absolute Gasteiger partial charge is 0.315 e. The lowest BCUT2D eigenvalue weighted by atomic mass is 10.0. The van der Waals surface area contributed by atoms with E-state index < -0.39 is 5.97 Å². The highest BCUT2D eigenvalue weighted by atomic mass is 32.2. The molecule has 2 unspecified atom stereocenters. The molecule has 0 heterocycles. The third-order valence-electron chi connectivity index (χ3n) is 3.32. The number of carbonyl (C=O) groups is 2. The molecule has 6 heteroatoms. The van der Waals surface area contributed by atoms with E-state index in [9.17, 15) is 9.59 Å². The quantitative estimate of drug-likeness (QED) is 0.652. The Balaban J connectivity index is 2.53. The predicted octanol–water partition coefficient (Wildman–Crippen LogP) is 2.51. The summed E-state index contributed by atoms with van der Waals surface area (Å²) in [4.78, 5) is 22.7. The molecule has 0 saturated heterocycles. The highest BCUT2D eigenvalue weighted by molar-refractivity contribution is 7.99. The second-order valence-corrected chi connectivity index (χ2v) is 6.50. The maximum atomic E-state index is 11.9. The molecule has 3 N–H and O–H groups in total. The Labute approximate surface area is 135 Å². The molecule has 0 aliphatic carbocycles. The van der Waals surface area contributed by atoms with Crippen molar-refractivity contribution >= 4 is 23.8 Å². The fourth-order valence-electron chi connectivity index (χ4n) is 1.98. The monoisotopic (exact) mass is 324 g/mol. The van der Waals surface area contributed by atoms with Crippen LogP contribution in [0.1, 0.15) is 25.3 Å². The first-order valence-corrected chi connectivity index (χ1v) is 8.63. The van der Waals surface area contributed by atoms with Gasteiger partial charge in [0.25, 0.3) is 0 Å². The summed E-state index contributed by atoms with van der Waals surface area (Å²) in [5.74, 6) is -0.851. The van der Waals surface area contributed by atoms with Gasteiger partial charge in [-0.25, -0.2) is 4.79 Å². The predicted molar refractivity (Wildman–Crippen MR) is 90.3 cm³/mol. The van der Waals surface area contributed by atoms with Gasteiger partial charge in [0.15, 0.2) is 0 Å². The van der Waals surface area contributed by atoms with Crippen molar-refractivity contribution in [2.45, 2.75) is 37.5 Å². The zero-order valence-electron chi connectivity index (χ0n) is 13.0. The number of hydrogen-bond acceptors (Lipinski definition) is 3. The molecule has 0 radical (unpaired) electrons. The summed E-state index contributed by atoms with van der Waals surface area (Å²) >= 11 is 1.68. The van der Waals surface area contributed by atoms with E-state index >= 15 is 0 Å². The molecule has 0 fully saturated rings. The number of rotatable bonds is 9. The van der Waals surface area contributed by atoms with Crippen LogP contribution in [-0.4, -0.2) is 41.2 Å². The van der Waals surface area contributed by atoms with Gasteiger partial charge >= 0.3 is 12.0 Å². The molecule has 0 aliphatic heterocycles. The minimum Gasteiger partial charge on any atom is -0.481 e. The second kappa shape index (κ2) is 10.1. The number of amides is 2. The standard InChI is InChI=1S/C16H24N2O3S/c1-12(22-2)11-17-16(21)18-14(8-9-15(19)20)10-13-6-4-3-5-7-13/h3-7,12,14H,8-11H2,1-2H3,(H,19,20)(H2,17,18,21). The van der Waals surface area contributed by atoms with Gasteiger partial charge in [0.05, 0.1) is 0 Å². The lowest BCUT2D eigenvalue weighted by Crippen LogP contribution is -2.44. The number of carboxylic acids is 1. The van der Waals surface area contributed by atoms with E-state index in [1.165, 1.54) is 0 Å². The van der Waals surface area contributed by atoms with Crippen LogP contribution in [0.2, 0.25) is 0 Å². The number of thioether (sulfide) groups is 1. The zero-order valence-corrected chi connectivity index (χ0v) is 13.9. The number of carboxylic acid groups (broad SMARTS) is 1. The van der Waals surface area contributed by atoms with Crippen LogP contribution in [0.25, 0.3) is 0 Å². The van der Waals surface area contributed by atoms with E-state index in [1.807, 2.05) is 43.5 Å². The van der Waals surface area contributed by atoms with Crippen molar-refractivity contribution in [3.05, 3.63) is 35.9 Å². The molecule has 0 bridgehead atoms. The van der Waals surface area contributed by atoms with Crippen LogP contribution in [0.5, 0.6) is 0 Å². The highest BCUT2D eigenvalue weighted by Gasteiger charge is 2.15. The van der Waals surface area contributed by atoms with E-state index in [0.717, 1.165) is 5.56 Å². The fraction of sp³-hybridized carbons (Fsp3) is 0.500. The first-order valence-electron chi connectivity index (χ1n) is 7.34. The Morgan fingerprint density at radius 1 is 1.27 bits per heavy atom. The van der Waals surface area contributed by atoms with Crippen LogP contribution in [0, 0.1) is 0 Å². The average molecular weight is 324 g/mol. The molecule has 122 valence electrons. The van der Waals surface area contributed by atoms with Crippen molar-refractivity contribution in [2.24, 2.45) is 0 Å². The van der Waals surface area contributed by atoms with Crippen molar-refractivity contribution in [1.82, 2.24) is 10.6 Å². The zero-order chi connectivity index (χ0) is 16.4. The maximum absolute atomic E-state index is 11.9. The summed E-state index contributed by atoms with van der Waals surface area (Å²) in [5.41, 5.74) is 1.08. The molecule has 0 aromatic heterocycles. The summed E-state index contributed by atoms with van der Waals surface area (Å²) in [6.07, 6.45) is 3.07. The highest BCUT2D eigenvalue weighted by Crippen LogP contribution is 2.08.